The molecule has 5 N–H and O–H groups in total. The Kier molecular flexibility index (Phi) is 10.5. The fraction of sp³-hybridized carbons (Fsp3) is 0.649. The predicted molar refractivity (Wildman–Crippen MR) is 184 cm³/mol. The number of likely N-dealkylation sites (tertiary alicyclic amines) is 1. The molecule has 2 aliphatic heterocycles. The van der Waals surface area contributed by atoms with Gasteiger partial charge in [0.25, 0.3) is 17.7 Å². The Labute approximate surface area is 293 Å². The molecule has 7 amide bonds. The molecule has 1 aromatic rings. The van der Waals surface area contributed by atoms with Gasteiger partial charge in [0, 0.05) is 6.54 Å². The molecule has 0 aromatic heterocycles. The maximum Gasteiger partial charge on any atom is 0.315 e. The molecular formula is C37H52N6O7. The van der Waals surface area contributed by atoms with Gasteiger partial charge in [-0.15, -0.1) is 0 Å². The summed E-state index contributed by atoms with van der Waals surface area (Å²) < 4.78 is 0. The zero-order valence-corrected chi connectivity index (χ0v) is 30.0. The molecule has 6 unspecified atom stereocenters. The molecule has 1 aromatic carbocycles. The first-order valence-electron chi connectivity index (χ1n) is 17.8. The molecule has 0 radical (unpaired) electrons. The van der Waals surface area contributed by atoms with E-state index in [2.05, 4.69) is 16.0 Å². The van der Waals surface area contributed by atoms with Gasteiger partial charge < -0.3 is 26.6 Å². The second-order valence-corrected chi connectivity index (χ2v) is 16.7. The number of carbonyl (C=O) groups is 7. The summed E-state index contributed by atoms with van der Waals surface area (Å²) in [5.74, 6) is -3.54. The summed E-state index contributed by atoms with van der Waals surface area (Å²) in [5, 5.41) is 8.59. The van der Waals surface area contributed by atoms with Gasteiger partial charge >= 0.3 is 6.03 Å². The van der Waals surface area contributed by atoms with E-state index in [0.717, 1.165) is 43.4 Å². The average molecular weight is 693 g/mol. The van der Waals surface area contributed by atoms with Crippen LogP contribution in [0.2, 0.25) is 0 Å². The number of benzene rings is 1. The number of fused-ring (bicyclic) bond motifs is 2. The number of primary amides is 1. The van der Waals surface area contributed by atoms with Crippen LogP contribution in [0.15, 0.2) is 24.3 Å². The summed E-state index contributed by atoms with van der Waals surface area (Å²) >= 11 is 0. The minimum absolute atomic E-state index is 0.0683. The lowest BCUT2D eigenvalue weighted by molar-refractivity contribution is -0.144. The van der Waals surface area contributed by atoms with Crippen molar-refractivity contribution in [2.24, 2.45) is 34.3 Å². The number of nitrogens with two attached hydrogens (primary N) is 1. The molecular weight excluding hydrogens is 640 g/mol. The minimum Gasteiger partial charge on any atom is -0.363 e. The topological polar surface area (TPSA) is 188 Å². The highest BCUT2D eigenvalue weighted by molar-refractivity contribution is 6.37. The molecule has 272 valence electrons. The molecule has 50 heavy (non-hydrogen) atoms. The van der Waals surface area contributed by atoms with Gasteiger partial charge in [-0.05, 0) is 60.0 Å². The molecule has 1 saturated heterocycles. The van der Waals surface area contributed by atoms with Gasteiger partial charge in [-0.1, -0.05) is 79.4 Å². The van der Waals surface area contributed by atoms with Crippen molar-refractivity contribution in [1.82, 2.24) is 25.8 Å². The number of carbonyl (C=O) groups excluding carboxylic acids is 7. The van der Waals surface area contributed by atoms with Gasteiger partial charge in [0.2, 0.25) is 17.6 Å². The Hall–Kier alpha value is -4.29. The lowest BCUT2D eigenvalue weighted by atomic mass is 9.80. The Balaban J connectivity index is 1.33. The fourth-order valence-corrected chi connectivity index (χ4v) is 7.86. The van der Waals surface area contributed by atoms with Crippen LogP contribution in [0.3, 0.4) is 0 Å². The van der Waals surface area contributed by atoms with Crippen molar-refractivity contribution >= 4 is 41.4 Å². The lowest BCUT2D eigenvalue weighted by Crippen LogP contribution is -2.62. The number of amides is 7. The minimum atomic E-state index is -1.10. The first-order valence-corrected chi connectivity index (χ1v) is 17.8. The van der Waals surface area contributed by atoms with E-state index in [0.29, 0.717) is 24.1 Å². The van der Waals surface area contributed by atoms with Gasteiger partial charge in [-0.25, -0.2) is 4.79 Å². The monoisotopic (exact) mass is 692 g/mol. The van der Waals surface area contributed by atoms with E-state index in [4.69, 9.17) is 5.73 Å². The van der Waals surface area contributed by atoms with Gasteiger partial charge in [0.1, 0.15) is 12.1 Å². The first kappa shape index (κ1) is 37.0. The number of urea groups is 1. The number of rotatable bonds is 11. The van der Waals surface area contributed by atoms with Crippen molar-refractivity contribution in [2.45, 2.75) is 111 Å². The molecule has 2 saturated carbocycles. The van der Waals surface area contributed by atoms with Crippen molar-refractivity contribution in [3.05, 3.63) is 35.4 Å². The van der Waals surface area contributed by atoms with Crippen LogP contribution in [0, 0.1) is 28.6 Å². The molecule has 13 heteroatoms. The third-order valence-corrected chi connectivity index (χ3v) is 11.1. The molecule has 3 fully saturated rings. The van der Waals surface area contributed by atoms with E-state index in [1.165, 1.54) is 4.90 Å². The largest absolute Gasteiger partial charge is 0.363 e. The van der Waals surface area contributed by atoms with Crippen LogP contribution in [0.5, 0.6) is 0 Å². The van der Waals surface area contributed by atoms with E-state index in [1.807, 2.05) is 41.5 Å². The quantitative estimate of drug-likeness (QED) is 0.203. The average Bonchev–Trinajstić information content (AvgIpc) is 3.68. The van der Waals surface area contributed by atoms with E-state index in [-0.39, 0.29) is 24.3 Å². The fourth-order valence-electron chi connectivity index (χ4n) is 7.86. The van der Waals surface area contributed by atoms with Crippen LogP contribution in [-0.2, 0) is 19.2 Å². The van der Waals surface area contributed by atoms with Gasteiger partial charge in [0.15, 0.2) is 0 Å². The molecule has 4 aliphatic rings. The standard InChI is InChI=1S/C37H52N6O7/c1-36(2,3)26(19-43-32(47)23-14-7-8-15-24(23)33(43)48)40-35(50)41-29(37(4,5)6)34(49)42-18-21-13-10-16-22(21)27(42)31(46)39-25(28(44)30(38)45)17-20-11-9-12-20/h7-8,14-15,20-22,25-27,29H,9-13,16-19H2,1-6H3,(H2,38,45)(H,39,46)(H2,40,41,50). The second kappa shape index (κ2) is 14.1. The van der Waals surface area contributed by atoms with Gasteiger partial charge in [-0.3, -0.25) is 33.7 Å². The highest BCUT2D eigenvalue weighted by Gasteiger charge is 2.52. The Morgan fingerprint density at radius 2 is 1.44 bits per heavy atom. The summed E-state index contributed by atoms with van der Waals surface area (Å²) in [6.45, 7) is 11.4. The zero-order chi connectivity index (χ0) is 36.7. The van der Waals surface area contributed by atoms with Crippen LogP contribution in [0.1, 0.15) is 107 Å². The normalized spacial score (nSPS) is 23.8. The number of imide groups is 1. The molecule has 2 heterocycles. The summed E-state index contributed by atoms with van der Waals surface area (Å²) in [7, 11) is 0. The van der Waals surface area contributed by atoms with Gasteiger partial charge in [0.05, 0.1) is 29.8 Å². The van der Waals surface area contributed by atoms with Crippen LogP contribution in [0.4, 0.5) is 4.79 Å². The Morgan fingerprint density at radius 1 is 0.840 bits per heavy atom. The molecule has 13 nitrogen and oxygen atoms in total. The zero-order valence-electron chi connectivity index (χ0n) is 30.0. The molecule has 5 rings (SSSR count). The van der Waals surface area contributed by atoms with E-state index in [1.54, 1.807) is 24.3 Å². The summed E-state index contributed by atoms with van der Waals surface area (Å²) in [5.41, 5.74) is 4.62. The molecule has 0 spiro atoms. The van der Waals surface area contributed by atoms with Crippen LogP contribution >= 0.6 is 0 Å². The van der Waals surface area contributed by atoms with Crippen molar-refractivity contribution in [2.75, 3.05) is 13.1 Å². The second-order valence-electron chi connectivity index (χ2n) is 16.7. The molecule has 0 bridgehead atoms. The van der Waals surface area contributed by atoms with Crippen LogP contribution < -0.4 is 21.7 Å². The smallest absolute Gasteiger partial charge is 0.315 e. The third kappa shape index (κ3) is 7.56. The first-order chi connectivity index (χ1) is 23.4. The van der Waals surface area contributed by atoms with E-state index >= 15 is 0 Å². The lowest BCUT2D eigenvalue weighted by Gasteiger charge is -2.38. The maximum atomic E-state index is 14.5. The highest BCUT2D eigenvalue weighted by atomic mass is 16.2. The number of hydrogen-bond acceptors (Lipinski definition) is 7. The molecule has 6 atom stereocenters. The number of nitrogens with one attached hydrogen (secondary N) is 3. The van der Waals surface area contributed by atoms with E-state index < -0.39 is 76.3 Å². The van der Waals surface area contributed by atoms with Gasteiger partial charge in [-0.2, -0.15) is 0 Å². The summed E-state index contributed by atoms with van der Waals surface area (Å²) in [6.07, 6.45) is 5.67. The highest BCUT2D eigenvalue weighted by Crippen LogP contribution is 2.43. The van der Waals surface area contributed by atoms with Crippen molar-refractivity contribution in [3.63, 3.8) is 0 Å². The Morgan fingerprint density at radius 3 is 1.96 bits per heavy atom. The third-order valence-electron chi connectivity index (χ3n) is 11.1. The summed E-state index contributed by atoms with van der Waals surface area (Å²) in [4.78, 5) is 95.8. The van der Waals surface area contributed by atoms with E-state index in [9.17, 15) is 33.6 Å². The Bertz CT molecular complexity index is 1520. The summed E-state index contributed by atoms with van der Waals surface area (Å²) in [6, 6.07) is 2.31. The SMILES string of the molecule is CC(C)(C)C(CN1C(=O)c2ccccc2C1=O)NC(=O)NC(C(=O)N1CC2CCCC2C1C(=O)NC(CC1CCC1)C(=O)C(N)=O)C(C)(C)C. The number of ketones is 1. The number of nitrogens with zero attached hydrogens (tertiary/aromatic N) is 2. The van der Waals surface area contributed by atoms with Crippen molar-refractivity contribution in [3.8, 4) is 0 Å². The van der Waals surface area contributed by atoms with Crippen LogP contribution in [0.25, 0.3) is 0 Å². The molecule has 2 aliphatic carbocycles. The van der Waals surface area contributed by atoms with Crippen molar-refractivity contribution in [1.29, 1.82) is 0 Å². The predicted octanol–water partition coefficient (Wildman–Crippen LogP) is 2.77. The van der Waals surface area contributed by atoms with Crippen molar-refractivity contribution < 1.29 is 33.6 Å². The maximum absolute atomic E-state index is 14.5. The number of Topliss-reactive ketones (excluding diaryl/α,β-unsaturated/α-hetero) is 1. The number of hydrogen-bond donors (Lipinski definition) is 4. The van der Waals surface area contributed by atoms with Crippen LogP contribution in [-0.4, -0.2) is 88.4 Å².